The van der Waals surface area contributed by atoms with Crippen molar-refractivity contribution in [3.63, 3.8) is 0 Å². The Kier molecular flexibility index (Phi) is 7.08. The Morgan fingerprint density at radius 2 is 1.00 bits per heavy atom. The van der Waals surface area contributed by atoms with Gasteiger partial charge >= 0.3 is 0 Å². The minimum absolute atomic E-state index is 0.829. The van der Waals surface area contributed by atoms with Crippen LogP contribution in [0.25, 0.3) is 0 Å². The molecule has 0 aliphatic carbocycles. The Morgan fingerprint density at radius 3 is 1.31 bits per heavy atom. The molecule has 1 heterocycles. The average molecular weight is 430 g/mol. The largest absolute Gasteiger partial charge is 0.497 e. The van der Waals surface area contributed by atoms with Crippen LogP contribution in [0.1, 0.15) is 47.5 Å². The third-order valence-corrected chi connectivity index (χ3v) is 5.45. The fourth-order valence-electron chi connectivity index (χ4n) is 3.71. The van der Waals surface area contributed by atoms with E-state index in [4.69, 9.17) is 24.4 Å². The van der Waals surface area contributed by atoms with Crippen LogP contribution in [0, 0.1) is 27.7 Å². The SMILES string of the molecule is COc1cc(C)c(/N=C(\C)c2cccc(/C(C)=N/c3c(C)cc(OC)cc3C)n2)c(C)c1. The summed E-state index contributed by atoms with van der Waals surface area (Å²) in [6.07, 6.45) is 0. The van der Waals surface area contributed by atoms with E-state index in [0.29, 0.717) is 0 Å². The maximum atomic E-state index is 5.36. The van der Waals surface area contributed by atoms with E-state index in [2.05, 4.69) is 0 Å². The van der Waals surface area contributed by atoms with Crippen molar-refractivity contribution < 1.29 is 9.47 Å². The van der Waals surface area contributed by atoms with Crippen molar-refractivity contribution in [2.75, 3.05) is 14.2 Å². The summed E-state index contributed by atoms with van der Waals surface area (Å²) in [5.41, 5.74) is 9.54. The normalized spacial score (nSPS) is 12.1. The third-order valence-electron chi connectivity index (χ3n) is 5.45. The number of rotatable bonds is 6. The van der Waals surface area contributed by atoms with E-state index in [9.17, 15) is 0 Å². The van der Waals surface area contributed by atoms with Gasteiger partial charge in [-0.3, -0.25) is 9.98 Å². The molecule has 5 heteroatoms. The minimum atomic E-state index is 0.829. The first-order valence-electron chi connectivity index (χ1n) is 10.6. The van der Waals surface area contributed by atoms with Crippen molar-refractivity contribution in [2.45, 2.75) is 41.5 Å². The molecule has 0 saturated heterocycles. The maximum absolute atomic E-state index is 5.36. The van der Waals surface area contributed by atoms with Crippen LogP contribution < -0.4 is 9.47 Å². The van der Waals surface area contributed by atoms with Gasteiger partial charge in [-0.15, -0.1) is 0 Å². The summed E-state index contributed by atoms with van der Waals surface area (Å²) in [4.78, 5) is 14.6. The Bertz CT molecular complexity index is 1070. The number of pyridine rings is 1. The zero-order valence-electron chi connectivity index (χ0n) is 20.2. The number of aliphatic imine (C=N–C) groups is 2. The second-order valence-electron chi connectivity index (χ2n) is 8.02. The Balaban J connectivity index is 1.97. The molecule has 0 bridgehead atoms. The summed E-state index contributed by atoms with van der Waals surface area (Å²) < 4.78 is 10.7. The van der Waals surface area contributed by atoms with Gasteiger partial charge in [0, 0.05) is 0 Å². The Labute approximate surface area is 190 Å². The van der Waals surface area contributed by atoms with Crippen LogP contribution >= 0.6 is 0 Å². The molecule has 0 saturated carbocycles. The molecule has 5 nitrogen and oxygen atoms in total. The molecule has 3 aromatic rings. The summed E-state index contributed by atoms with van der Waals surface area (Å²) in [5.74, 6) is 1.68. The number of aryl methyl sites for hydroxylation is 4. The van der Waals surface area contributed by atoms with E-state index in [1.807, 2.05) is 84.0 Å². The second-order valence-corrected chi connectivity index (χ2v) is 8.02. The van der Waals surface area contributed by atoms with Gasteiger partial charge in [-0.05, 0) is 100 Å². The molecule has 32 heavy (non-hydrogen) atoms. The van der Waals surface area contributed by atoms with Gasteiger partial charge in [0.05, 0.1) is 48.4 Å². The van der Waals surface area contributed by atoms with Gasteiger partial charge in [-0.25, -0.2) is 4.98 Å². The highest BCUT2D eigenvalue weighted by atomic mass is 16.5. The van der Waals surface area contributed by atoms with E-state index in [1.54, 1.807) is 14.2 Å². The van der Waals surface area contributed by atoms with Crippen LogP contribution in [-0.2, 0) is 0 Å². The first kappa shape index (κ1) is 23.2. The van der Waals surface area contributed by atoms with Crippen molar-refractivity contribution in [3.8, 4) is 11.5 Å². The molecule has 0 unspecified atom stereocenters. The van der Waals surface area contributed by atoms with Crippen molar-refractivity contribution >= 4 is 22.8 Å². The number of hydrogen-bond donors (Lipinski definition) is 0. The van der Waals surface area contributed by atoms with Crippen molar-refractivity contribution in [3.05, 3.63) is 76.1 Å². The van der Waals surface area contributed by atoms with Crippen LogP contribution in [-0.4, -0.2) is 30.6 Å². The van der Waals surface area contributed by atoms with Crippen molar-refractivity contribution in [1.82, 2.24) is 4.98 Å². The molecule has 0 fully saturated rings. The molecule has 2 aromatic carbocycles. The maximum Gasteiger partial charge on any atom is 0.119 e. The number of ether oxygens (including phenoxy) is 2. The first-order valence-corrected chi connectivity index (χ1v) is 10.6. The molecule has 0 atom stereocenters. The lowest BCUT2D eigenvalue weighted by molar-refractivity contribution is 0.414. The molecule has 0 aliphatic heterocycles. The number of aromatic nitrogens is 1. The van der Waals surface area contributed by atoms with Crippen LogP contribution in [0.4, 0.5) is 11.4 Å². The van der Waals surface area contributed by atoms with Gasteiger partial charge in [0.25, 0.3) is 0 Å². The molecule has 0 amide bonds. The summed E-state index contributed by atoms with van der Waals surface area (Å²) in [7, 11) is 3.35. The quantitative estimate of drug-likeness (QED) is 0.414. The standard InChI is InChI=1S/C27H31N3O2/c1-16-12-22(31-7)13-17(2)26(16)28-20(5)24-10-9-11-25(30-24)21(6)29-27-18(3)14-23(32-8)15-19(27)4/h9-15H,1-8H3/b28-20+,29-21+. The first-order chi connectivity index (χ1) is 15.2. The molecule has 0 spiro atoms. The summed E-state index contributed by atoms with van der Waals surface area (Å²) in [6, 6.07) is 14.0. The Hall–Kier alpha value is -3.47. The summed E-state index contributed by atoms with van der Waals surface area (Å²) >= 11 is 0. The lowest BCUT2D eigenvalue weighted by atomic mass is 10.1. The van der Waals surface area contributed by atoms with Gasteiger partial charge in [0.15, 0.2) is 0 Å². The summed E-state index contributed by atoms with van der Waals surface area (Å²) in [5, 5.41) is 0. The number of hydrogen-bond acceptors (Lipinski definition) is 5. The zero-order valence-corrected chi connectivity index (χ0v) is 20.2. The smallest absolute Gasteiger partial charge is 0.119 e. The molecule has 1 aromatic heterocycles. The molecular formula is C27H31N3O2. The molecule has 3 rings (SSSR count). The van der Waals surface area contributed by atoms with E-state index < -0.39 is 0 Å². The predicted octanol–water partition coefficient (Wildman–Crippen LogP) is 6.61. The fraction of sp³-hybridized carbons (Fsp3) is 0.296. The number of benzene rings is 2. The highest BCUT2D eigenvalue weighted by Gasteiger charge is 2.10. The second kappa shape index (κ2) is 9.77. The molecule has 0 radical (unpaired) electrons. The Morgan fingerprint density at radius 1 is 0.656 bits per heavy atom. The van der Waals surface area contributed by atoms with Gasteiger partial charge in [0.1, 0.15) is 11.5 Å². The van der Waals surface area contributed by atoms with Crippen LogP contribution in [0.15, 0.2) is 52.4 Å². The summed E-state index contributed by atoms with van der Waals surface area (Å²) in [6.45, 7) is 12.1. The van der Waals surface area contributed by atoms with E-state index in [-0.39, 0.29) is 0 Å². The van der Waals surface area contributed by atoms with Crippen LogP contribution in [0.5, 0.6) is 11.5 Å². The lowest BCUT2D eigenvalue weighted by Crippen LogP contribution is -2.05. The minimum Gasteiger partial charge on any atom is -0.497 e. The number of nitrogens with zero attached hydrogens (tertiary/aromatic N) is 3. The average Bonchev–Trinajstić information content (AvgIpc) is 2.78. The molecule has 166 valence electrons. The third kappa shape index (κ3) is 5.05. The number of methoxy groups -OCH3 is 2. The van der Waals surface area contributed by atoms with E-state index >= 15 is 0 Å². The van der Waals surface area contributed by atoms with Gasteiger partial charge in [0.2, 0.25) is 0 Å². The van der Waals surface area contributed by atoms with E-state index in [0.717, 1.165) is 67.9 Å². The van der Waals surface area contributed by atoms with E-state index in [1.165, 1.54) is 0 Å². The topological polar surface area (TPSA) is 56.1 Å². The van der Waals surface area contributed by atoms with Crippen LogP contribution in [0.2, 0.25) is 0 Å². The van der Waals surface area contributed by atoms with Crippen LogP contribution in [0.3, 0.4) is 0 Å². The molecule has 0 N–H and O–H groups in total. The van der Waals surface area contributed by atoms with Crippen molar-refractivity contribution in [1.29, 1.82) is 0 Å². The van der Waals surface area contributed by atoms with Crippen molar-refractivity contribution in [2.24, 2.45) is 9.98 Å². The monoisotopic (exact) mass is 429 g/mol. The highest BCUT2D eigenvalue weighted by Crippen LogP contribution is 2.30. The zero-order chi connectivity index (χ0) is 23.4. The fourth-order valence-corrected chi connectivity index (χ4v) is 3.71. The predicted molar refractivity (Wildman–Crippen MR) is 133 cm³/mol. The lowest BCUT2D eigenvalue weighted by Gasteiger charge is -2.11. The molecule has 0 aliphatic rings. The highest BCUT2D eigenvalue weighted by molar-refractivity contribution is 6.02. The van der Waals surface area contributed by atoms with Gasteiger partial charge < -0.3 is 9.47 Å². The molecular weight excluding hydrogens is 398 g/mol. The van der Waals surface area contributed by atoms with Gasteiger partial charge in [-0.1, -0.05) is 6.07 Å². The van der Waals surface area contributed by atoms with Gasteiger partial charge in [-0.2, -0.15) is 0 Å².